The fourth-order valence-electron chi connectivity index (χ4n) is 1.45. The number of esters is 1. The van der Waals surface area contributed by atoms with Crippen LogP contribution < -0.4 is 4.74 Å². The van der Waals surface area contributed by atoms with Crippen molar-refractivity contribution in [3.63, 3.8) is 0 Å². The summed E-state index contributed by atoms with van der Waals surface area (Å²) in [5, 5.41) is 8.41. The molecule has 1 aromatic carbocycles. The molecule has 0 amide bonds. The minimum absolute atomic E-state index is 0.0468. The average molecular weight is 272 g/mol. The summed E-state index contributed by atoms with van der Waals surface area (Å²) in [6.07, 6.45) is 1.76. The summed E-state index contributed by atoms with van der Waals surface area (Å²) in [4.78, 5) is 21.6. The van der Waals surface area contributed by atoms with Crippen molar-refractivity contribution in [2.75, 3.05) is 0 Å². The Kier molecular flexibility index (Phi) is 5.92. The summed E-state index contributed by atoms with van der Waals surface area (Å²) in [6, 6.07) is 2.85. The van der Waals surface area contributed by atoms with E-state index in [4.69, 9.17) is 9.84 Å². The largest absolute Gasteiger partial charge is 0.481 e. The van der Waals surface area contributed by atoms with Crippen molar-refractivity contribution in [3.05, 3.63) is 29.8 Å². The molecule has 0 spiro atoms. The zero-order valence-corrected chi connectivity index (χ0v) is 10.2. The fourth-order valence-corrected chi connectivity index (χ4v) is 1.45. The van der Waals surface area contributed by atoms with Crippen molar-refractivity contribution < 1.29 is 28.2 Å². The van der Waals surface area contributed by atoms with Gasteiger partial charge < -0.3 is 9.84 Å². The van der Waals surface area contributed by atoms with Crippen LogP contribution in [-0.2, 0) is 9.59 Å². The highest BCUT2D eigenvalue weighted by Crippen LogP contribution is 2.16. The number of hydrogen-bond donors (Lipinski definition) is 1. The third kappa shape index (κ3) is 5.94. The van der Waals surface area contributed by atoms with Crippen molar-refractivity contribution in [1.82, 2.24) is 0 Å². The summed E-state index contributed by atoms with van der Waals surface area (Å²) in [5.74, 6) is -3.56. The molecule has 6 heteroatoms. The van der Waals surface area contributed by atoms with Gasteiger partial charge in [-0.05, 0) is 25.0 Å². The first-order valence-electron chi connectivity index (χ1n) is 5.86. The quantitative estimate of drug-likeness (QED) is 0.471. The number of unbranched alkanes of at least 4 members (excludes halogenated alkanes) is 2. The van der Waals surface area contributed by atoms with E-state index in [1.807, 2.05) is 0 Å². The van der Waals surface area contributed by atoms with Crippen LogP contribution in [0.3, 0.4) is 0 Å². The SMILES string of the molecule is O=C(O)CCCCCC(=O)Oc1ccc(F)c(F)c1. The van der Waals surface area contributed by atoms with Gasteiger partial charge in [-0.25, -0.2) is 8.78 Å². The Morgan fingerprint density at radius 2 is 1.74 bits per heavy atom. The molecule has 0 unspecified atom stereocenters. The highest BCUT2D eigenvalue weighted by Gasteiger charge is 2.08. The van der Waals surface area contributed by atoms with Crippen molar-refractivity contribution in [2.45, 2.75) is 32.1 Å². The summed E-state index contributed by atoms with van der Waals surface area (Å²) in [7, 11) is 0. The number of ether oxygens (including phenoxy) is 1. The standard InChI is InChI=1S/C13H14F2O4/c14-10-7-6-9(8-11(10)15)19-13(18)5-3-1-2-4-12(16)17/h6-8H,1-5H2,(H,16,17). The molecule has 0 saturated heterocycles. The normalized spacial score (nSPS) is 10.2. The van der Waals surface area contributed by atoms with Gasteiger partial charge in [-0.2, -0.15) is 0 Å². The molecule has 104 valence electrons. The number of rotatable bonds is 7. The highest BCUT2D eigenvalue weighted by molar-refractivity contribution is 5.72. The van der Waals surface area contributed by atoms with Crippen LogP contribution in [0.25, 0.3) is 0 Å². The topological polar surface area (TPSA) is 63.6 Å². The Labute approximate surface area is 109 Å². The van der Waals surface area contributed by atoms with Gasteiger partial charge in [-0.1, -0.05) is 6.42 Å². The zero-order chi connectivity index (χ0) is 14.3. The second kappa shape index (κ2) is 7.45. The third-order valence-corrected chi connectivity index (χ3v) is 2.39. The van der Waals surface area contributed by atoms with Gasteiger partial charge in [-0.3, -0.25) is 9.59 Å². The van der Waals surface area contributed by atoms with E-state index in [1.54, 1.807) is 0 Å². The molecule has 0 radical (unpaired) electrons. The van der Waals surface area contributed by atoms with Crippen LogP contribution in [0.5, 0.6) is 5.75 Å². The smallest absolute Gasteiger partial charge is 0.311 e. The number of carbonyl (C=O) groups excluding carboxylic acids is 1. The van der Waals surface area contributed by atoms with E-state index in [9.17, 15) is 18.4 Å². The first-order valence-corrected chi connectivity index (χ1v) is 5.86. The van der Waals surface area contributed by atoms with Gasteiger partial charge >= 0.3 is 11.9 Å². The van der Waals surface area contributed by atoms with Crippen LogP contribution in [0.15, 0.2) is 18.2 Å². The molecular weight excluding hydrogens is 258 g/mol. The summed E-state index contributed by atoms with van der Waals surface area (Å²) in [5.41, 5.74) is 0. The minimum Gasteiger partial charge on any atom is -0.481 e. The summed E-state index contributed by atoms with van der Waals surface area (Å²) >= 11 is 0. The lowest BCUT2D eigenvalue weighted by Crippen LogP contribution is -2.08. The molecule has 19 heavy (non-hydrogen) atoms. The monoisotopic (exact) mass is 272 g/mol. The minimum atomic E-state index is -1.08. The number of aliphatic carboxylic acids is 1. The molecular formula is C13H14F2O4. The van der Waals surface area contributed by atoms with E-state index in [1.165, 1.54) is 6.07 Å². The van der Waals surface area contributed by atoms with Gasteiger partial charge in [0, 0.05) is 18.9 Å². The average Bonchev–Trinajstić information content (AvgIpc) is 2.33. The van der Waals surface area contributed by atoms with Crippen LogP contribution in [0.4, 0.5) is 8.78 Å². The molecule has 0 fully saturated rings. The molecule has 0 aliphatic rings. The lowest BCUT2D eigenvalue weighted by Gasteiger charge is -2.04. The van der Waals surface area contributed by atoms with Crippen molar-refractivity contribution in [1.29, 1.82) is 0 Å². The molecule has 0 aromatic heterocycles. The summed E-state index contributed by atoms with van der Waals surface area (Å²) in [6.45, 7) is 0. The Balaban J connectivity index is 2.27. The number of hydrogen-bond acceptors (Lipinski definition) is 3. The van der Waals surface area contributed by atoms with Crippen molar-refractivity contribution in [2.24, 2.45) is 0 Å². The number of carbonyl (C=O) groups is 2. The predicted molar refractivity (Wildman–Crippen MR) is 62.7 cm³/mol. The number of carboxylic acids is 1. The zero-order valence-electron chi connectivity index (χ0n) is 10.2. The first kappa shape index (κ1) is 15.1. The van der Waals surface area contributed by atoms with E-state index in [0.717, 1.165) is 12.1 Å². The molecule has 1 aromatic rings. The Bertz CT molecular complexity index is 460. The van der Waals surface area contributed by atoms with Crippen LogP contribution in [0, 0.1) is 11.6 Å². The molecule has 0 heterocycles. The van der Waals surface area contributed by atoms with Gasteiger partial charge in [0.05, 0.1) is 0 Å². The molecule has 0 aliphatic heterocycles. The predicted octanol–water partition coefficient (Wildman–Crippen LogP) is 2.91. The van der Waals surface area contributed by atoms with Gasteiger partial charge in [0.2, 0.25) is 0 Å². The summed E-state index contributed by atoms with van der Waals surface area (Å²) < 4.78 is 30.3. The van der Waals surface area contributed by atoms with E-state index < -0.39 is 23.6 Å². The number of benzene rings is 1. The van der Waals surface area contributed by atoms with Crippen molar-refractivity contribution in [3.8, 4) is 5.75 Å². The molecule has 1 N–H and O–H groups in total. The second-order valence-corrected chi connectivity index (χ2v) is 4.00. The Morgan fingerprint density at radius 1 is 1.05 bits per heavy atom. The van der Waals surface area contributed by atoms with E-state index in [2.05, 4.69) is 0 Å². The molecule has 4 nitrogen and oxygen atoms in total. The van der Waals surface area contributed by atoms with E-state index in [0.29, 0.717) is 19.3 Å². The maximum atomic E-state index is 12.8. The molecule has 0 aliphatic carbocycles. The van der Waals surface area contributed by atoms with E-state index in [-0.39, 0.29) is 18.6 Å². The lowest BCUT2D eigenvalue weighted by molar-refractivity contribution is -0.137. The number of carboxylic acid groups (broad SMARTS) is 1. The molecule has 1 rings (SSSR count). The van der Waals surface area contributed by atoms with Crippen molar-refractivity contribution >= 4 is 11.9 Å². The molecule has 0 atom stereocenters. The first-order chi connectivity index (χ1) is 8.99. The van der Waals surface area contributed by atoms with Gasteiger partial charge in [0.25, 0.3) is 0 Å². The molecule has 0 saturated carbocycles. The van der Waals surface area contributed by atoms with Crippen LogP contribution in [-0.4, -0.2) is 17.0 Å². The molecule has 0 bridgehead atoms. The van der Waals surface area contributed by atoms with Crippen LogP contribution in [0.1, 0.15) is 32.1 Å². The fraction of sp³-hybridized carbons (Fsp3) is 0.385. The maximum Gasteiger partial charge on any atom is 0.311 e. The van der Waals surface area contributed by atoms with Gasteiger partial charge in [0.1, 0.15) is 5.75 Å². The highest BCUT2D eigenvalue weighted by atomic mass is 19.2. The van der Waals surface area contributed by atoms with Gasteiger partial charge in [0.15, 0.2) is 11.6 Å². The van der Waals surface area contributed by atoms with Crippen LogP contribution in [0.2, 0.25) is 0 Å². The van der Waals surface area contributed by atoms with E-state index >= 15 is 0 Å². The Hall–Kier alpha value is -1.98. The maximum absolute atomic E-state index is 12.8. The second-order valence-electron chi connectivity index (χ2n) is 4.00. The lowest BCUT2D eigenvalue weighted by atomic mass is 10.1. The third-order valence-electron chi connectivity index (χ3n) is 2.39. The van der Waals surface area contributed by atoms with Gasteiger partial charge in [-0.15, -0.1) is 0 Å². The Morgan fingerprint density at radius 3 is 2.37 bits per heavy atom. The van der Waals surface area contributed by atoms with Crippen LogP contribution >= 0.6 is 0 Å². The number of halogens is 2.